The van der Waals surface area contributed by atoms with Crippen molar-refractivity contribution >= 4 is 11.9 Å². The third-order valence-corrected chi connectivity index (χ3v) is 2.23. The Morgan fingerprint density at radius 3 is 2.44 bits per heavy atom. The smallest absolute Gasteiger partial charge is 0.303 e. The molecule has 0 spiro atoms. The van der Waals surface area contributed by atoms with E-state index in [2.05, 4.69) is 4.74 Å². The zero-order valence-electron chi connectivity index (χ0n) is 10.5. The summed E-state index contributed by atoms with van der Waals surface area (Å²) in [5.74, 6) is -0.583. The fourth-order valence-corrected chi connectivity index (χ4v) is 1.40. The molecule has 0 aromatic heterocycles. The quantitative estimate of drug-likeness (QED) is 0.675. The normalized spacial score (nSPS) is 18.8. The highest BCUT2D eigenvalue weighted by molar-refractivity contribution is 5.80. The molecule has 0 bridgehead atoms. The fraction of sp³-hybridized carbons (Fsp3) is 0.818. The van der Waals surface area contributed by atoms with Gasteiger partial charge in [-0.2, -0.15) is 0 Å². The molecule has 0 aromatic carbocycles. The van der Waals surface area contributed by atoms with Crippen molar-refractivity contribution in [2.45, 2.75) is 33.3 Å². The predicted octanol–water partition coefficient (Wildman–Crippen LogP) is 0.823. The number of hydrogen-bond donors (Lipinski definition) is 0. The first-order valence-electron chi connectivity index (χ1n) is 5.57. The van der Waals surface area contributed by atoms with Gasteiger partial charge in [0.15, 0.2) is 6.61 Å². The zero-order chi connectivity index (χ0) is 12.6. The van der Waals surface area contributed by atoms with Crippen molar-refractivity contribution in [3.8, 4) is 0 Å². The summed E-state index contributed by atoms with van der Waals surface area (Å²) in [5.41, 5.74) is 0. The van der Waals surface area contributed by atoms with E-state index in [-0.39, 0.29) is 18.6 Å². The minimum absolute atomic E-state index is 0.122. The molecule has 1 atom stereocenters. The summed E-state index contributed by atoms with van der Waals surface area (Å²) in [6, 6.07) is 0. The van der Waals surface area contributed by atoms with Gasteiger partial charge in [0.1, 0.15) is 0 Å². The SMILES string of the molecule is CC.COC1CCN(C(=O)COC(C)=O)C1. The Morgan fingerprint density at radius 1 is 1.38 bits per heavy atom. The van der Waals surface area contributed by atoms with Gasteiger partial charge in [-0.25, -0.2) is 0 Å². The average molecular weight is 231 g/mol. The first-order valence-corrected chi connectivity index (χ1v) is 5.57. The molecule has 94 valence electrons. The molecule has 0 aromatic rings. The maximum atomic E-state index is 11.4. The topological polar surface area (TPSA) is 55.8 Å². The van der Waals surface area contributed by atoms with Gasteiger partial charge in [-0.15, -0.1) is 0 Å². The molecule has 5 nitrogen and oxygen atoms in total. The Bertz CT molecular complexity index is 230. The number of carbonyl (C=O) groups is 2. The predicted molar refractivity (Wildman–Crippen MR) is 60.0 cm³/mol. The van der Waals surface area contributed by atoms with Crippen molar-refractivity contribution in [3.63, 3.8) is 0 Å². The van der Waals surface area contributed by atoms with Gasteiger partial charge in [-0.05, 0) is 6.42 Å². The Balaban J connectivity index is 0.00000106. The van der Waals surface area contributed by atoms with Gasteiger partial charge in [0.25, 0.3) is 5.91 Å². The van der Waals surface area contributed by atoms with Gasteiger partial charge in [0, 0.05) is 27.1 Å². The number of ether oxygens (including phenoxy) is 2. The van der Waals surface area contributed by atoms with E-state index in [1.807, 2.05) is 13.8 Å². The summed E-state index contributed by atoms with van der Waals surface area (Å²) in [5, 5.41) is 0. The van der Waals surface area contributed by atoms with E-state index < -0.39 is 5.97 Å². The highest BCUT2D eigenvalue weighted by Crippen LogP contribution is 2.11. The van der Waals surface area contributed by atoms with Crippen LogP contribution in [0.2, 0.25) is 0 Å². The highest BCUT2D eigenvalue weighted by atomic mass is 16.5. The van der Waals surface area contributed by atoms with E-state index in [0.29, 0.717) is 13.1 Å². The van der Waals surface area contributed by atoms with Crippen LogP contribution in [0, 0.1) is 0 Å². The first-order chi connectivity index (χ1) is 7.63. The minimum Gasteiger partial charge on any atom is -0.456 e. The number of esters is 1. The summed E-state index contributed by atoms with van der Waals surface area (Å²) in [6.45, 7) is 6.40. The second-order valence-corrected chi connectivity index (χ2v) is 3.27. The highest BCUT2D eigenvalue weighted by Gasteiger charge is 2.26. The number of nitrogens with zero attached hydrogens (tertiary/aromatic N) is 1. The van der Waals surface area contributed by atoms with E-state index in [1.165, 1.54) is 6.92 Å². The van der Waals surface area contributed by atoms with Crippen LogP contribution in [0.4, 0.5) is 0 Å². The molecule has 1 aliphatic rings. The second kappa shape index (κ2) is 8.10. The van der Waals surface area contributed by atoms with E-state index in [4.69, 9.17) is 4.74 Å². The summed E-state index contributed by atoms with van der Waals surface area (Å²) in [6.07, 6.45) is 0.971. The molecule has 1 unspecified atom stereocenters. The molecule has 0 saturated carbocycles. The molecular weight excluding hydrogens is 210 g/mol. The van der Waals surface area contributed by atoms with E-state index >= 15 is 0 Å². The van der Waals surface area contributed by atoms with Crippen molar-refractivity contribution in [2.75, 3.05) is 26.8 Å². The third-order valence-electron chi connectivity index (χ3n) is 2.23. The Morgan fingerprint density at radius 2 is 2.00 bits per heavy atom. The molecule has 0 aliphatic carbocycles. The van der Waals surface area contributed by atoms with Gasteiger partial charge in [-0.1, -0.05) is 13.8 Å². The summed E-state index contributed by atoms with van der Waals surface area (Å²) < 4.78 is 9.73. The third kappa shape index (κ3) is 5.11. The lowest BCUT2D eigenvalue weighted by Crippen LogP contribution is -2.33. The van der Waals surface area contributed by atoms with Crippen molar-refractivity contribution in [3.05, 3.63) is 0 Å². The Kier molecular flexibility index (Phi) is 7.54. The molecule has 1 amide bonds. The van der Waals surface area contributed by atoms with Crippen molar-refractivity contribution < 1.29 is 19.1 Å². The molecule has 1 rings (SSSR count). The van der Waals surface area contributed by atoms with Crippen molar-refractivity contribution in [2.24, 2.45) is 0 Å². The van der Waals surface area contributed by atoms with Gasteiger partial charge >= 0.3 is 5.97 Å². The molecule has 16 heavy (non-hydrogen) atoms. The molecule has 0 N–H and O–H groups in total. The molecule has 1 fully saturated rings. The number of rotatable bonds is 3. The van der Waals surface area contributed by atoms with E-state index in [1.54, 1.807) is 12.0 Å². The zero-order valence-corrected chi connectivity index (χ0v) is 10.5. The maximum Gasteiger partial charge on any atom is 0.303 e. The lowest BCUT2D eigenvalue weighted by Gasteiger charge is -2.15. The number of amides is 1. The Labute approximate surface area is 96.7 Å². The first kappa shape index (κ1) is 14.9. The standard InChI is InChI=1S/C9H15NO4.C2H6/c1-7(11)14-6-9(12)10-4-3-8(5-10)13-2;1-2/h8H,3-6H2,1-2H3;1-2H3. The van der Waals surface area contributed by atoms with Gasteiger partial charge < -0.3 is 14.4 Å². The van der Waals surface area contributed by atoms with Crippen LogP contribution in [0.3, 0.4) is 0 Å². The van der Waals surface area contributed by atoms with Crippen LogP contribution in [0.25, 0.3) is 0 Å². The summed E-state index contributed by atoms with van der Waals surface area (Å²) >= 11 is 0. The number of likely N-dealkylation sites (tertiary alicyclic amines) is 1. The molecule has 5 heteroatoms. The molecule has 1 saturated heterocycles. The molecule has 1 aliphatic heterocycles. The van der Waals surface area contributed by atoms with Crippen LogP contribution in [-0.4, -0.2) is 49.7 Å². The summed E-state index contributed by atoms with van der Waals surface area (Å²) in [4.78, 5) is 23.5. The van der Waals surface area contributed by atoms with E-state index in [0.717, 1.165) is 6.42 Å². The van der Waals surface area contributed by atoms with Gasteiger partial charge in [0.05, 0.1) is 6.10 Å². The lowest BCUT2D eigenvalue weighted by molar-refractivity contribution is -0.149. The van der Waals surface area contributed by atoms with Crippen LogP contribution >= 0.6 is 0 Å². The monoisotopic (exact) mass is 231 g/mol. The number of methoxy groups -OCH3 is 1. The van der Waals surface area contributed by atoms with Crippen LogP contribution < -0.4 is 0 Å². The second-order valence-electron chi connectivity index (χ2n) is 3.27. The van der Waals surface area contributed by atoms with Crippen LogP contribution in [0.1, 0.15) is 27.2 Å². The largest absolute Gasteiger partial charge is 0.456 e. The average Bonchev–Trinajstić information content (AvgIpc) is 2.77. The van der Waals surface area contributed by atoms with Crippen molar-refractivity contribution in [1.82, 2.24) is 4.90 Å². The fourth-order valence-electron chi connectivity index (χ4n) is 1.40. The van der Waals surface area contributed by atoms with Crippen LogP contribution in [0.15, 0.2) is 0 Å². The number of hydrogen-bond acceptors (Lipinski definition) is 4. The molecular formula is C11H21NO4. The molecule has 0 radical (unpaired) electrons. The van der Waals surface area contributed by atoms with E-state index in [9.17, 15) is 9.59 Å². The number of carbonyl (C=O) groups excluding carboxylic acids is 2. The van der Waals surface area contributed by atoms with Crippen LogP contribution in [-0.2, 0) is 19.1 Å². The minimum atomic E-state index is -0.430. The molecule has 1 heterocycles. The van der Waals surface area contributed by atoms with Gasteiger partial charge in [-0.3, -0.25) is 9.59 Å². The lowest BCUT2D eigenvalue weighted by atomic mass is 10.3. The maximum absolute atomic E-state index is 11.4. The van der Waals surface area contributed by atoms with Gasteiger partial charge in [0.2, 0.25) is 0 Å². The summed E-state index contributed by atoms with van der Waals surface area (Å²) in [7, 11) is 1.63. The Hall–Kier alpha value is -1.10. The van der Waals surface area contributed by atoms with Crippen LogP contribution in [0.5, 0.6) is 0 Å². The van der Waals surface area contributed by atoms with Crippen molar-refractivity contribution in [1.29, 1.82) is 0 Å².